The molecule has 1 aliphatic rings. The Bertz CT molecular complexity index is 815. The molecule has 0 aliphatic carbocycles. The smallest absolute Gasteiger partial charge is 0.299 e. The van der Waals surface area contributed by atoms with Crippen molar-refractivity contribution < 1.29 is 0 Å². The highest BCUT2D eigenvalue weighted by Gasteiger charge is 2.20. The molecule has 5 heteroatoms. The Morgan fingerprint density at radius 1 is 1.00 bits per heavy atom. The number of piperidine rings is 1. The van der Waals surface area contributed by atoms with Gasteiger partial charge in [0.25, 0.3) is 5.56 Å². The Balaban J connectivity index is 1.53. The lowest BCUT2D eigenvalue weighted by Gasteiger charge is -2.32. The van der Waals surface area contributed by atoms with E-state index in [9.17, 15) is 9.59 Å². The summed E-state index contributed by atoms with van der Waals surface area (Å²) in [5.41, 5.74) is 1.74. The molecule has 1 fully saturated rings. The third-order valence-corrected chi connectivity index (χ3v) is 5.40. The minimum atomic E-state index is -0.250. The predicted molar refractivity (Wildman–Crippen MR) is 99.7 cm³/mol. The van der Waals surface area contributed by atoms with Crippen LogP contribution in [0.1, 0.15) is 30.5 Å². The first kappa shape index (κ1) is 17.7. The summed E-state index contributed by atoms with van der Waals surface area (Å²) in [6.07, 6.45) is 4.76. The predicted octanol–water partition coefficient (Wildman–Crippen LogP) is 1.93. The molecule has 0 atom stereocenters. The molecule has 1 aliphatic heterocycles. The zero-order valence-corrected chi connectivity index (χ0v) is 15.1. The van der Waals surface area contributed by atoms with Crippen LogP contribution in [0.25, 0.3) is 0 Å². The van der Waals surface area contributed by atoms with E-state index in [1.54, 1.807) is 17.7 Å². The molecule has 0 saturated carbocycles. The molecule has 0 radical (unpaired) electrons. The molecule has 5 nitrogen and oxygen atoms in total. The highest BCUT2D eigenvalue weighted by molar-refractivity contribution is 5.14. The molecule has 2 heterocycles. The average molecular weight is 341 g/mol. The van der Waals surface area contributed by atoms with Gasteiger partial charge in [-0.1, -0.05) is 30.3 Å². The van der Waals surface area contributed by atoms with Crippen molar-refractivity contribution in [2.75, 3.05) is 13.1 Å². The number of hydrogen-bond donors (Lipinski definition) is 0. The number of rotatable bonds is 5. The van der Waals surface area contributed by atoms with Crippen molar-refractivity contribution in [3.8, 4) is 0 Å². The van der Waals surface area contributed by atoms with Crippen LogP contribution >= 0.6 is 0 Å². The molecule has 0 N–H and O–H groups in total. The lowest BCUT2D eigenvalue weighted by molar-refractivity contribution is 0.169. The maximum atomic E-state index is 12.0. The highest BCUT2D eigenvalue weighted by atomic mass is 16.2. The Morgan fingerprint density at radius 2 is 1.68 bits per heavy atom. The fourth-order valence-corrected chi connectivity index (χ4v) is 3.61. The van der Waals surface area contributed by atoms with Crippen LogP contribution in [0.2, 0.25) is 0 Å². The summed E-state index contributed by atoms with van der Waals surface area (Å²) in [5.74, 6) is 0.768. The summed E-state index contributed by atoms with van der Waals surface area (Å²) in [5, 5.41) is 0. The summed E-state index contributed by atoms with van der Waals surface area (Å²) < 4.78 is 2.74. The second-order valence-electron chi connectivity index (χ2n) is 7.12. The van der Waals surface area contributed by atoms with Gasteiger partial charge in [0.15, 0.2) is 0 Å². The Hall–Kier alpha value is -2.14. The first-order chi connectivity index (χ1) is 12.0. The van der Waals surface area contributed by atoms with Gasteiger partial charge in [-0.2, -0.15) is 0 Å². The molecule has 3 rings (SSSR count). The van der Waals surface area contributed by atoms with Crippen molar-refractivity contribution >= 4 is 0 Å². The van der Waals surface area contributed by atoms with E-state index in [0.29, 0.717) is 6.54 Å². The maximum Gasteiger partial charge on any atom is 0.330 e. The monoisotopic (exact) mass is 341 g/mol. The summed E-state index contributed by atoms with van der Waals surface area (Å²) in [4.78, 5) is 26.2. The molecular formula is C20H27N3O2. The minimum Gasteiger partial charge on any atom is -0.299 e. The van der Waals surface area contributed by atoms with Gasteiger partial charge in [0, 0.05) is 32.4 Å². The fourth-order valence-electron chi connectivity index (χ4n) is 3.61. The Kier molecular flexibility index (Phi) is 5.53. The standard InChI is InChI=1S/C20H27N3O2/c1-21-18(14-19(24)22(2)20(21)25)15-23-12-10-17(11-13-23)9-8-16-6-4-3-5-7-16/h3-7,14,17H,8-13,15H2,1-2H3. The number of hydrogen-bond acceptors (Lipinski definition) is 3. The van der Waals surface area contributed by atoms with E-state index in [1.807, 2.05) is 0 Å². The van der Waals surface area contributed by atoms with E-state index < -0.39 is 0 Å². The van der Waals surface area contributed by atoms with Crippen molar-refractivity contribution in [1.82, 2.24) is 14.0 Å². The van der Waals surface area contributed by atoms with Gasteiger partial charge in [0.05, 0.1) is 0 Å². The fraction of sp³-hybridized carbons (Fsp3) is 0.500. The van der Waals surface area contributed by atoms with Gasteiger partial charge in [-0.3, -0.25) is 18.8 Å². The summed E-state index contributed by atoms with van der Waals surface area (Å²) >= 11 is 0. The van der Waals surface area contributed by atoms with Crippen LogP contribution in [0.15, 0.2) is 46.0 Å². The topological polar surface area (TPSA) is 47.2 Å². The van der Waals surface area contributed by atoms with Crippen LogP contribution in [-0.2, 0) is 27.1 Å². The largest absolute Gasteiger partial charge is 0.330 e. The van der Waals surface area contributed by atoms with E-state index in [2.05, 4.69) is 35.2 Å². The van der Waals surface area contributed by atoms with Gasteiger partial charge in [0.1, 0.15) is 0 Å². The van der Waals surface area contributed by atoms with Gasteiger partial charge >= 0.3 is 5.69 Å². The molecule has 0 amide bonds. The van der Waals surface area contributed by atoms with E-state index in [-0.39, 0.29) is 11.2 Å². The second-order valence-corrected chi connectivity index (χ2v) is 7.12. The second kappa shape index (κ2) is 7.83. The zero-order valence-electron chi connectivity index (χ0n) is 15.1. The number of nitrogens with zero attached hydrogens (tertiary/aromatic N) is 3. The summed E-state index contributed by atoms with van der Waals surface area (Å²) in [7, 11) is 3.26. The van der Waals surface area contributed by atoms with Crippen LogP contribution in [0.4, 0.5) is 0 Å². The number of likely N-dealkylation sites (tertiary alicyclic amines) is 1. The van der Waals surface area contributed by atoms with Crippen LogP contribution in [0.3, 0.4) is 0 Å². The van der Waals surface area contributed by atoms with Crippen molar-refractivity contribution in [3.63, 3.8) is 0 Å². The minimum absolute atomic E-state index is 0.226. The SMILES string of the molecule is Cn1c(CN2CCC(CCc3ccccc3)CC2)cc(=O)n(C)c1=O. The van der Waals surface area contributed by atoms with E-state index in [4.69, 9.17) is 0 Å². The Labute approximate surface area is 148 Å². The van der Waals surface area contributed by atoms with Gasteiger partial charge < -0.3 is 0 Å². The van der Waals surface area contributed by atoms with E-state index in [1.165, 1.54) is 31.9 Å². The molecule has 0 bridgehead atoms. The molecule has 134 valence electrons. The van der Waals surface area contributed by atoms with Crippen LogP contribution in [0.5, 0.6) is 0 Å². The Morgan fingerprint density at radius 3 is 2.36 bits per heavy atom. The molecule has 1 aromatic carbocycles. The average Bonchev–Trinajstić information content (AvgIpc) is 2.64. The zero-order chi connectivity index (χ0) is 17.8. The molecule has 2 aromatic rings. The molecule has 0 unspecified atom stereocenters. The molecule has 1 saturated heterocycles. The molecular weight excluding hydrogens is 314 g/mol. The third kappa shape index (κ3) is 4.28. The normalized spacial score (nSPS) is 16.2. The summed E-state index contributed by atoms with van der Waals surface area (Å²) in [6.45, 7) is 2.74. The first-order valence-electron chi connectivity index (χ1n) is 9.07. The molecule has 0 spiro atoms. The van der Waals surface area contributed by atoms with E-state index >= 15 is 0 Å². The van der Waals surface area contributed by atoms with Crippen LogP contribution in [0, 0.1) is 5.92 Å². The quantitative estimate of drug-likeness (QED) is 0.835. The van der Waals surface area contributed by atoms with Gasteiger partial charge in [-0.25, -0.2) is 4.79 Å². The van der Waals surface area contributed by atoms with Crippen LogP contribution in [-0.4, -0.2) is 27.1 Å². The molecule has 25 heavy (non-hydrogen) atoms. The lowest BCUT2D eigenvalue weighted by atomic mass is 9.90. The summed E-state index contributed by atoms with van der Waals surface area (Å²) in [6, 6.07) is 12.3. The van der Waals surface area contributed by atoms with Crippen molar-refractivity contribution in [1.29, 1.82) is 0 Å². The number of aromatic nitrogens is 2. The van der Waals surface area contributed by atoms with Crippen LogP contribution < -0.4 is 11.2 Å². The number of benzene rings is 1. The van der Waals surface area contributed by atoms with Crippen molar-refractivity contribution in [2.24, 2.45) is 20.0 Å². The van der Waals surface area contributed by atoms with E-state index in [0.717, 1.165) is 35.7 Å². The number of aryl methyl sites for hydroxylation is 1. The maximum absolute atomic E-state index is 12.0. The third-order valence-electron chi connectivity index (χ3n) is 5.40. The van der Waals surface area contributed by atoms with Gasteiger partial charge in [0.2, 0.25) is 0 Å². The van der Waals surface area contributed by atoms with Crippen molar-refractivity contribution in [2.45, 2.75) is 32.2 Å². The van der Waals surface area contributed by atoms with Crippen molar-refractivity contribution in [3.05, 3.63) is 68.5 Å². The first-order valence-corrected chi connectivity index (χ1v) is 9.07. The highest BCUT2D eigenvalue weighted by Crippen LogP contribution is 2.23. The lowest BCUT2D eigenvalue weighted by Crippen LogP contribution is -2.40. The van der Waals surface area contributed by atoms with Gasteiger partial charge in [-0.15, -0.1) is 0 Å². The molecule has 1 aromatic heterocycles. The van der Waals surface area contributed by atoms with Gasteiger partial charge in [-0.05, 0) is 50.3 Å².